The minimum Gasteiger partial charge on any atom is -0.284 e. The SMILES string of the molecule is Cc1cc(F)ccc1S(=O)(=O)N1c2cccc(=O)n2[C@H](c2ccc(Cl)cc2)[C@@H]1c1ccc(Cl)cc1. The second-order valence-electron chi connectivity index (χ2n) is 8.30. The molecule has 5 rings (SSSR count). The van der Waals surface area contributed by atoms with Gasteiger partial charge in [-0.3, -0.25) is 9.36 Å². The first-order valence-corrected chi connectivity index (χ1v) is 12.9. The Labute approximate surface area is 212 Å². The minimum atomic E-state index is -4.22. The van der Waals surface area contributed by atoms with Crippen LogP contribution in [0.1, 0.15) is 28.8 Å². The summed E-state index contributed by atoms with van der Waals surface area (Å²) in [5.41, 5.74) is 1.26. The van der Waals surface area contributed by atoms with Gasteiger partial charge in [0, 0.05) is 16.1 Å². The van der Waals surface area contributed by atoms with E-state index in [-0.39, 0.29) is 21.8 Å². The van der Waals surface area contributed by atoms with Gasteiger partial charge in [0.15, 0.2) is 0 Å². The summed E-state index contributed by atoms with van der Waals surface area (Å²) in [4.78, 5) is 13.1. The summed E-state index contributed by atoms with van der Waals surface area (Å²) < 4.78 is 44.9. The van der Waals surface area contributed by atoms with Gasteiger partial charge in [0.1, 0.15) is 11.6 Å². The fourth-order valence-electron chi connectivity index (χ4n) is 4.61. The van der Waals surface area contributed by atoms with Crippen LogP contribution in [0.25, 0.3) is 0 Å². The molecule has 178 valence electrons. The second-order valence-corrected chi connectivity index (χ2v) is 11.0. The van der Waals surface area contributed by atoms with Crippen molar-refractivity contribution in [3.8, 4) is 0 Å². The molecule has 0 spiro atoms. The number of halogens is 3. The predicted molar refractivity (Wildman–Crippen MR) is 135 cm³/mol. The number of hydrogen-bond acceptors (Lipinski definition) is 3. The molecule has 1 aliphatic rings. The molecule has 0 bridgehead atoms. The van der Waals surface area contributed by atoms with Crippen LogP contribution >= 0.6 is 23.2 Å². The largest absolute Gasteiger partial charge is 0.284 e. The molecule has 4 aromatic rings. The Morgan fingerprint density at radius 1 is 0.800 bits per heavy atom. The molecule has 2 heterocycles. The van der Waals surface area contributed by atoms with Crippen molar-refractivity contribution in [3.63, 3.8) is 0 Å². The van der Waals surface area contributed by atoms with Gasteiger partial charge in [0.25, 0.3) is 15.6 Å². The molecule has 35 heavy (non-hydrogen) atoms. The van der Waals surface area contributed by atoms with Crippen molar-refractivity contribution in [2.24, 2.45) is 0 Å². The third-order valence-corrected chi connectivity index (χ3v) is 8.57. The Morgan fingerprint density at radius 2 is 1.37 bits per heavy atom. The first-order valence-electron chi connectivity index (χ1n) is 10.7. The number of aromatic nitrogens is 1. The van der Waals surface area contributed by atoms with Gasteiger partial charge in [-0.25, -0.2) is 17.1 Å². The van der Waals surface area contributed by atoms with Crippen molar-refractivity contribution in [3.05, 3.63) is 128 Å². The highest BCUT2D eigenvalue weighted by molar-refractivity contribution is 7.93. The molecule has 0 fully saturated rings. The van der Waals surface area contributed by atoms with Crippen LogP contribution in [0.4, 0.5) is 10.2 Å². The van der Waals surface area contributed by atoms with Gasteiger partial charge in [-0.1, -0.05) is 53.5 Å². The number of benzene rings is 3. The smallest absolute Gasteiger partial charge is 0.266 e. The van der Waals surface area contributed by atoms with E-state index >= 15 is 0 Å². The van der Waals surface area contributed by atoms with Crippen molar-refractivity contribution < 1.29 is 12.8 Å². The van der Waals surface area contributed by atoms with E-state index in [9.17, 15) is 17.6 Å². The van der Waals surface area contributed by atoms with Crippen LogP contribution in [0.3, 0.4) is 0 Å². The molecule has 0 amide bonds. The topological polar surface area (TPSA) is 59.4 Å². The molecule has 1 aromatic heterocycles. The second kappa shape index (κ2) is 8.82. The highest BCUT2D eigenvalue weighted by Crippen LogP contribution is 2.49. The highest BCUT2D eigenvalue weighted by atomic mass is 35.5. The van der Waals surface area contributed by atoms with E-state index in [1.807, 2.05) is 0 Å². The fourth-order valence-corrected chi connectivity index (χ4v) is 6.71. The predicted octanol–water partition coefficient (Wildman–Crippen LogP) is 6.14. The first-order chi connectivity index (χ1) is 16.7. The molecule has 0 saturated carbocycles. The Bertz CT molecular complexity index is 1590. The normalized spacial score (nSPS) is 17.4. The number of sulfonamides is 1. The Kier molecular flexibility index (Phi) is 5.95. The lowest BCUT2D eigenvalue weighted by Gasteiger charge is -2.29. The summed E-state index contributed by atoms with van der Waals surface area (Å²) in [5.74, 6) is -0.325. The van der Waals surface area contributed by atoms with Gasteiger partial charge in [0.2, 0.25) is 0 Å². The summed E-state index contributed by atoms with van der Waals surface area (Å²) in [7, 11) is -4.22. The maximum Gasteiger partial charge on any atom is 0.266 e. The lowest BCUT2D eigenvalue weighted by atomic mass is 9.94. The molecule has 0 saturated heterocycles. The highest BCUT2D eigenvalue weighted by Gasteiger charge is 2.47. The van der Waals surface area contributed by atoms with Crippen LogP contribution in [0.2, 0.25) is 10.0 Å². The molecular weight excluding hydrogens is 510 g/mol. The summed E-state index contributed by atoms with van der Waals surface area (Å²) >= 11 is 12.2. The maximum atomic E-state index is 14.2. The molecule has 0 unspecified atom stereocenters. The van der Waals surface area contributed by atoms with Crippen LogP contribution in [0, 0.1) is 12.7 Å². The monoisotopic (exact) mass is 528 g/mol. The first kappa shape index (κ1) is 23.6. The van der Waals surface area contributed by atoms with E-state index in [0.29, 0.717) is 21.2 Å². The molecule has 9 heteroatoms. The van der Waals surface area contributed by atoms with Crippen LogP contribution in [-0.2, 0) is 10.0 Å². The third-order valence-electron chi connectivity index (χ3n) is 6.12. The van der Waals surface area contributed by atoms with Gasteiger partial charge in [0.05, 0.1) is 17.0 Å². The van der Waals surface area contributed by atoms with Crippen molar-refractivity contribution in [1.82, 2.24) is 4.57 Å². The average molecular weight is 529 g/mol. The average Bonchev–Trinajstić information content (AvgIpc) is 3.17. The van der Waals surface area contributed by atoms with Crippen molar-refractivity contribution in [2.75, 3.05) is 4.31 Å². The fraction of sp³-hybridized carbons (Fsp3) is 0.115. The van der Waals surface area contributed by atoms with Gasteiger partial charge < -0.3 is 0 Å². The Hall–Kier alpha value is -3.13. The summed E-state index contributed by atoms with van der Waals surface area (Å²) in [5, 5.41) is 1.01. The van der Waals surface area contributed by atoms with E-state index < -0.39 is 27.9 Å². The van der Waals surface area contributed by atoms with Gasteiger partial charge in [-0.2, -0.15) is 0 Å². The molecule has 3 aromatic carbocycles. The van der Waals surface area contributed by atoms with Crippen molar-refractivity contribution in [1.29, 1.82) is 0 Å². The van der Waals surface area contributed by atoms with Crippen molar-refractivity contribution in [2.45, 2.75) is 23.9 Å². The Balaban J connectivity index is 1.82. The minimum absolute atomic E-state index is 0.0440. The lowest BCUT2D eigenvalue weighted by Crippen LogP contribution is -2.34. The summed E-state index contributed by atoms with van der Waals surface area (Å²) in [6, 6.07) is 20.3. The molecule has 1 aliphatic heterocycles. The zero-order valence-corrected chi connectivity index (χ0v) is 20.7. The number of fused-ring (bicyclic) bond motifs is 1. The van der Waals surface area contributed by atoms with E-state index in [0.717, 1.165) is 6.07 Å². The summed E-state index contributed by atoms with van der Waals surface area (Å²) in [6.07, 6.45) is 0. The van der Waals surface area contributed by atoms with Gasteiger partial charge in [-0.05, 0) is 72.1 Å². The van der Waals surface area contributed by atoms with E-state index in [4.69, 9.17) is 23.2 Å². The third kappa shape index (κ3) is 4.03. The lowest BCUT2D eigenvalue weighted by molar-refractivity contribution is 0.529. The van der Waals surface area contributed by atoms with Crippen LogP contribution in [-0.4, -0.2) is 13.0 Å². The zero-order chi connectivity index (χ0) is 24.9. The van der Waals surface area contributed by atoms with Crippen LogP contribution in [0.15, 0.2) is 94.6 Å². The number of anilines is 1. The van der Waals surface area contributed by atoms with E-state index in [2.05, 4.69) is 0 Å². The molecule has 5 nitrogen and oxygen atoms in total. The molecule has 0 N–H and O–H groups in total. The Morgan fingerprint density at radius 3 is 1.94 bits per heavy atom. The maximum absolute atomic E-state index is 14.2. The number of pyridine rings is 1. The van der Waals surface area contributed by atoms with Gasteiger partial charge >= 0.3 is 0 Å². The van der Waals surface area contributed by atoms with E-state index in [1.54, 1.807) is 54.6 Å². The number of hydrogen-bond donors (Lipinski definition) is 0. The molecule has 0 radical (unpaired) electrons. The number of aryl methyl sites for hydroxylation is 1. The van der Waals surface area contributed by atoms with Crippen LogP contribution < -0.4 is 9.86 Å². The quantitative estimate of drug-likeness (QED) is 0.319. The number of rotatable bonds is 4. The van der Waals surface area contributed by atoms with Crippen LogP contribution in [0.5, 0.6) is 0 Å². The van der Waals surface area contributed by atoms with E-state index in [1.165, 1.54) is 40.1 Å². The summed E-state index contributed by atoms with van der Waals surface area (Å²) in [6.45, 7) is 1.54. The molecule has 0 aliphatic carbocycles. The number of nitrogens with zero attached hydrogens (tertiary/aromatic N) is 2. The van der Waals surface area contributed by atoms with Crippen molar-refractivity contribution >= 4 is 39.0 Å². The van der Waals surface area contributed by atoms with Gasteiger partial charge in [-0.15, -0.1) is 0 Å². The zero-order valence-electron chi connectivity index (χ0n) is 18.4. The molecule has 2 atom stereocenters. The standard InChI is InChI=1S/C26H19Cl2FN2O3S/c1-16-15-21(29)13-14-22(16)35(33,34)31-23-3-2-4-24(32)30(23)25(17-5-9-19(27)10-6-17)26(31)18-7-11-20(28)12-8-18/h2-15,25-26H,1H3/t25-,26+/m1/s1. The molecular formula is C26H19Cl2FN2O3S.